The van der Waals surface area contributed by atoms with Gasteiger partial charge in [0.05, 0.1) is 18.0 Å². The fourth-order valence-electron chi connectivity index (χ4n) is 2.34. The number of nitrogens with zero attached hydrogens (tertiary/aromatic N) is 2. The first-order valence-corrected chi connectivity index (χ1v) is 7.15. The van der Waals surface area contributed by atoms with Crippen molar-refractivity contribution < 1.29 is 9.53 Å². The molecule has 1 aromatic heterocycles. The molecular weight excluding hydrogens is 266 g/mol. The van der Waals surface area contributed by atoms with Crippen molar-refractivity contribution >= 4 is 5.91 Å². The standard InChI is InChI=1S/C16H19N3O2/c1-11-9-12(2)19(18-11)14-5-3-13(4-6-14)7-8-17-16(20)15-10-21-15/h3-6,9,15H,7-8,10H2,1-2H3,(H,17,20). The van der Waals surface area contributed by atoms with Crippen LogP contribution < -0.4 is 5.32 Å². The van der Waals surface area contributed by atoms with Crippen LogP contribution in [0.4, 0.5) is 0 Å². The van der Waals surface area contributed by atoms with Crippen LogP contribution in [0.15, 0.2) is 30.3 Å². The zero-order valence-electron chi connectivity index (χ0n) is 12.3. The maximum absolute atomic E-state index is 11.4. The van der Waals surface area contributed by atoms with Gasteiger partial charge in [0.25, 0.3) is 5.91 Å². The topological polar surface area (TPSA) is 59.5 Å². The number of ether oxygens (including phenoxy) is 1. The lowest BCUT2D eigenvalue weighted by molar-refractivity contribution is -0.122. The van der Waals surface area contributed by atoms with E-state index >= 15 is 0 Å². The smallest absolute Gasteiger partial charge is 0.251 e. The van der Waals surface area contributed by atoms with Gasteiger partial charge in [0, 0.05) is 12.2 Å². The largest absolute Gasteiger partial charge is 0.363 e. The summed E-state index contributed by atoms with van der Waals surface area (Å²) in [5.41, 5.74) is 4.38. The Morgan fingerprint density at radius 1 is 1.38 bits per heavy atom. The molecule has 110 valence electrons. The molecule has 1 aliphatic rings. The molecule has 2 heterocycles. The summed E-state index contributed by atoms with van der Waals surface area (Å²) in [6.45, 7) is 5.23. The van der Waals surface area contributed by atoms with E-state index in [1.165, 1.54) is 5.56 Å². The molecule has 1 atom stereocenters. The molecule has 3 rings (SSSR count). The molecule has 5 heteroatoms. The van der Waals surface area contributed by atoms with Crippen LogP contribution in [0.2, 0.25) is 0 Å². The number of aryl methyl sites for hydroxylation is 2. The lowest BCUT2D eigenvalue weighted by Gasteiger charge is -2.07. The monoisotopic (exact) mass is 285 g/mol. The minimum atomic E-state index is -0.210. The second-order valence-corrected chi connectivity index (χ2v) is 5.37. The third kappa shape index (κ3) is 3.31. The second kappa shape index (κ2) is 5.69. The Hall–Kier alpha value is -2.14. The van der Waals surface area contributed by atoms with Crippen LogP contribution >= 0.6 is 0 Å². The van der Waals surface area contributed by atoms with Crippen LogP contribution in [0.3, 0.4) is 0 Å². The lowest BCUT2D eigenvalue weighted by atomic mass is 10.1. The molecule has 0 spiro atoms. The van der Waals surface area contributed by atoms with E-state index in [0.717, 1.165) is 23.5 Å². The third-order valence-electron chi connectivity index (χ3n) is 3.53. The van der Waals surface area contributed by atoms with Gasteiger partial charge in [-0.25, -0.2) is 4.68 Å². The number of epoxide rings is 1. The minimum absolute atomic E-state index is 0.00531. The predicted octanol–water partition coefficient (Wildman–Crippen LogP) is 1.55. The first-order valence-electron chi connectivity index (χ1n) is 7.15. The number of hydrogen-bond acceptors (Lipinski definition) is 3. The van der Waals surface area contributed by atoms with Gasteiger partial charge in [-0.15, -0.1) is 0 Å². The van der Waals surface area contributed by atoms with Crippen molar-refractivity contribution in [3.05, 3.63) is 47.3 Å². The van der Waals surface area contributed by atoms with Gasteiger partial charge >= 0.3 is 0 Å². The molecule has 1 N–H and O–H groups in total. The highest BCUT2D eigenvalue weighted by Gasteiger charge is 2.30. The summed E-state index contributed by atoms with van der Waals surface area (Å²) in [6, 6.07) is 10.3. The summed E-state index contributed by atoms with van der Waals surface area (Å²) in [7, 11) is 0. The van der Waals surface area contributed by atoms with Gasteiger partial charge in [-0.1, -0.05) is 12.1 Å². The number of carbonyl (C=O) groups is 1. The highest BCUT2D eigenvalue weighted by Crippen LogP contribution is 2.13. The molecule has 2 aromatic rings. The SMILES string of the molecule is Cc1cc(C)n(-c2ccc(CCNC(=O)C3CO3)cc2)n1. The van der Waals surface area contributed by atoms with Gasteiger partial charge in [-0.3, -0.25) is 4.79 Å². The molecule has 21 heavy (non-hydrogen) atoms. The summed E-state index contributed by atoms with van der Waals surface area (Å²) in [5, 5.41) is 7.34. The van der Waals surface area contributed by atoms with E-state index in [-0.39, 0.29) is 12.0 Å². The van der Waals surface area contributed by atoms with E-state index in [2.05, 4.69) is 40.7 Å². The second-order valence-electron chi connectivity index (χ2n) is 5.37. The maximum atomic E-state index is 11.4. The Labute approximate surface area is 123 Å². The van der Waals surface area contributed by atoms with Crippen molar-refractivity contribution in [2.45, 2.75) is 26.4 Å². The van der Waals surface area contributed by atoms with E-state index in [1.54, 1.807) is 0 Å². The van der Waals surface area contributed by atoms with Crippen LogP contribution in [0.25, 0.3) is 5.69 Å². The van der Waals surface area contributed by atoms with Crippen molar-refractivity contribution in [1.29, 1.82) is 0 Å². The number of hydrogen-bond donors (Lipinski definition) is 1. The number of amides is 1. The van der Waals surface area contributed by atoms with Gasteiger partial charge in [0.2, 0.25) is 0 Å². The van der Waals surface area contributed by atoms with Gasteiger partial charge in [0.1, 0.15) is 0 Å². The predicted molar refractivity (Wildman–Crippen MR) is 79.5 cm³/mol. The Balaban J connectivity index is 1.58. The fourth-order valence-corrected chi connectivity index (χ4v) is 2.34. The molecular formula is C16H19N3O2. The Morgan fingerprint density at radius 2 is 2.10 bits per heavy atom. The highest BCUT2D eigenvalue weighted by atomic mass is 16.6. The summed E-state index contributed by atoms with van der Waals surface area (Å²) >= 11 is 0. The Morgan fingerprint density at radius 3 is 2.67 bits per heavy atom. The van der Waals surface area contributed by atoms with E-state index in [1.807, 2.05) is 18.5 Å². The van der Waals surface area contributed by atoms with Crippen molar-refractivity contribution in [2.75, 3.05) is 13.2 Å². The van der Waals surface area contributed by atoms with Crippen molar-refractivity contribution in [3.8, 4) is 5.69 Å². The molecule has 1 aromatic carbocycles. The molecule has 0 radical (unpaired) electrons. The number of rotatable bonds is 5. The summed E-state index contributed by atoms with van der Waals surface area (Å²) in [6.07, 6.45) is 0.606. The molecule has 1 fully saturated rings. The Bertz CT molecular complexity index is 642. The Kier molecular flexibility index (Phi) is 3.75. The molecule has 0 aliphatic carbocycles. The van der Waals surface area contributed by atoms with E-state index in [0.29, 0.717) is 13.2 Å². The quantitative estimate of drug-likeness (QED) is 0.848. The van der Waals surface area contributed by atoms with Crippen molar-refractivity contribution in [2.24, 2.45) is 0 Å². The molecule has 1 saturated heterocycles. The average Bonchev–Trinajstić information content (AvgIpc) is 3.25. The van der Waals surface area contributed by atoms with Gasteiger partial charge in [-0.2, -0.15) is 5.10 Å². The zero-order chi connectivity index (χ0) is 14.8. The van der Waals surface area contributed by atoms with Crippen LogP contribution in [0, 0.1) is 13.8 Å². The van der Waals surface area contributed by atoms with Crippen LogP contribution in [0.5, 0.6) is 0 Å². The number of aromatic nitrogens is 2. The molecule has 1 unspecified atom stereocenters. The molecule has 0 saturated carbocycles. The average molecular weight is 285 g/mol. The molecule has 1 aliphatic heterocycles. The summed E-state index contributed by atoms with van der Waals surface area (Å²) in [5.74, 6) is -0.00531. The minimum Gasteiger partial charge on any atom is -0.363 e. The first-order chi connectivity index (χ1) is 10.1. The summed E-state index contributed by atoms with van der Waals surface area (Å²) < 4.78 is 6.87. The third-order valence-corrected chi connectivity index (χ3v) is 3.53. The van der Waals surface area contributed by atoms with Crippen LogP contribution in [0.1, 0.15) is 17.0 Å². The highest BCUT2D eigenvalue weighted by molar-refractivity contribution is 5.82. The molecule has 0 bridgehead atoms. The number of benzene rings is 1. The number of carbonyl (C=O) groups excluding carboxylic acids is 1. The van der Waals surface area contributed by atoms with E-state index < -0.39 is 0 Å². The first kappa shape index (κ1) is 13.8. The summed E-state index contributed by atoms with van der Waals surface area (Å²) in [4.78, 5) is 11.4. The fraction of sp³-hybridized carbons (Fsp3) is 0.375. The van der Waals surface area contributed by atoms with Gasteiger partial charge in [-0.05, 0) is 44.0 Å². The zero-order valence-corrected chi connectivity index (χ0v) is 12.3. The molecule has 1 amide bonds. The van der Waals surface area contributed by atoms with E-state index in [9.17, 15) is 4.79 Å². The van der Waals surface area contributed by atoms with Crippen molar-refractivity contribution in [3.63, 3.8) is 0 Å². The number of nitrogens with one attached hydrogen (secondary N) is 1. The normalized spacial score (nSPS) is 16.8. The van der Waals surface area contributed by atoms with Crippen LogP contribution in [-0.4, -0.2) is 34.9 Å². The van der Waals surface area contributed by atoms with E-state index in [4.69, 9.17) is 4.74 Å². The van der Waals surface area contributed by atoms with Gasteiger partial charge in [0.15, 0.2) is 6.10 Å². The van der Waals surface area contributed by atoms with Crippen molar-refractivity contribution in [1.82, 2.24) is 15.1 Å². The maximum Gasteiger partial charge on any atom is 0.251 e. The van der Waals surface area contributed by atoms with Gasteiger partial charge < -0.3 is 10.1 Å². The lowest BCUT2D eigenvalue weighted by Crippen LogP contribution is -2.29. The van der Waals surface area contributed by atoms with Crippen LogP contribution in [-0.2, 0) is 16.0 Å². The molecule has 5 nitrogen and oxygen atoms in total.